The van der Waals surface area contributed by atoms with Gasteiger partial charge in [-0.2, -0.15) is 0 Å². The molecule has 0 aliphatic rings. The zero-order chi connectivity index (χ0) is 14.0. The van der Waals surface area contributed by atoms with Gasteiger partial charge in [-0.3, -0.25) is 0 Å². The molecular formula is C13H13F3N2O. The molecule has 0 atom stereocenters. The summed E-state index contributed by atoms with van der Waals surface area (Å²) in [5, 5.41) is 0. The van der Waals surface area contributed by atoms with E-state index >= 15 is 0 Å². The van der Waals surface area contributed by atoms with Crippen molar-refractivity contribution in [2.75, 3.05) is 0 Å². The summed E-state index contributed by atoms with van der Waals surface area (Å²) < 4.78 is 41.8. The fourth-order valence-electron chi connectivity index (χ4n) is 1.60. The molecule has 0 spiro atoms. The van der Waals surface area contributed by atoms with E-state index in [2.05, 4.69) is 9.72 Å². The Labute approximate surface area is 108 Å². The topological polar surface area (TPSA) is 27.1 Å². The van der Waals surface area contributed by atoms with Crippen molar-refractivity contribution in [1.82, 2.24) is 9.55 Å². The quantitative estimate of drug-likeness (QED) is 0.842. The minimum absolute atomic E-state index is 0.237. The smallest absolute Gasteiger partial charge is 0.406 e. The Morgan fingerprint density at radius 1 is 1.16 bits per heavy atom. The largest absolute Gasteiger partial charge is 0.573 e. The zero-order valence-electron chi connectivity index (χ0n) is 10.5. The van der Waals surface area contributed by atoms with E-state index in [1.165, 1.54) is 12.1 Å². The highest BCUT2D eigenvalue weighted by Crippen LogP contribution is 2.26. The van der Waals surface area contributed by atoms with Crippen LogP contribution in [0.1, 0.15) is 19.9 Å². The second-order valence-electron chi connectivity index (χ2n) is 4.37. The average Bonchev–Trinajstić information content (AvgIpc) is 2.77. The van der Waals surface area contributed by atoms with Gasteiger partial charge in [0, 0.05) is 17.8 Å². The molecule has 3 nitrogen and oxygen atoms in total. The van der Waals surface area contributed by atoms with E-state index in [9.17, 15) is 13.2 Å². The van der Waals surface area contributed by atoms with E-state index in [0.717, 1.165) is 5.56 Å². The van der Waals surface area contributed by atoms with Gasteiger partial charge in [-0.1, -0.05) is 0 Å². The second kappa shape index (κ2) is 4.95. The number of aromatic nitrogens is 2. The van der Waals surface area contributed by atoms with Gasteiger partial charge in [0.05, 0.1) is 12.0 Å². The van der Waals surface area contributed by atoms with Crippen molar-refractivity contribution in [2.45, 2.75) is 26.3 Å². The van der Waals surface area contributed by atoms with Crippen LogP contribution in [0.3, 0.4) is 0 Å². The normalized spacial score (nSPS) is 11.9. The van der Waals surface area contributed by atoms with Crippen LogP contribution in [0.15, 0.2) is 36.8 Å². The highest BCUT2D eigenvalue weighted by Gasteiger charge is 2.30. The first-order valence-electron chi connectivity index (χ1n) is 5.75. The predicted molar refractivity (Wildman–Crippen MR) is 64.7 cm³/mol. The van der Waals surface area contributed by atoms with Crippen molar-refractivity contribution >= 4 is 0 Å². The highest BCUT2D eigenvalue weighted by atomic mass is 19.4. The molecule has 0 amide bonds. The number of rotatable bonds is 3. The number of benzene rings is 1. The van der Waals surface area contributed by atoms with Crippen molar-refractivity contribution < 1.29 is 17.9 Å². The average molecular weight is 270 g/mol. The fourth-order valence-corrected chi connectivity index (χ4v) is 1.60. The zero-order valence-corrected chi connectivity index (χ0v) is 10.5. The Kier molecular flexibility index (Phi) is 3.50. The Balaban J connectivity index is 2.17. The monoisotopic (exact) mass is 270 g/mol. The van der Waals surface area contributed by atoms with E-state index in [1.54, 1.807) is 18.5 Å². The maximum absolute atomic E-state index is 12.0. The SMILES string of the molecule is CC(C)n1cnc(-c2ccc(OC(F)(F)F)cc2)c1. The summed E-state index contributed by atoms with van der Waals surface area (Å²) in [5.41, 5.74) is 1.46. The lowest BCUT2D eigenvalue weighted by atomic mass is 10.1. The van der Waals surface area contributed by atoms with Crippen LogP contribution in [0.25, 0.3) is 11.3 Å². The first-order valence-corrected chi connectivity index (χ1v) is 5.75. The number of nitrogens with zero attached hydrogens (tertiary/aromatic N) is 2. The predicted octanol–water partition coefficient (Wildman–Crippen LogP) is 4.03. The molecule has 0 saturated carbocycles. The standard InChI is InChI=1S/C13H13F3N2O/c1-9(2)18-7-12(17-8-18)10-3-5-11(6-4-10)19-13(14,15)16/h3-9H,1-2H3. The van der Waals surface area contributed by atoms with Crippen LogP contribution in [0.2, 0.25) is 0 Å². The maximum atomic E-state index is 12.0. The number of hydrogen-bond donors (Lipinski definition) is 0. The molecule has 1 heterocycles. The van der Waals surface area contributed by atoms with Crippen molar-refractivity contribution in [3.63, 3.8) is 0 Å². The van der Waals surface area contributed by atoms with Gasteiger partial charge in [0.15, 0.2) is 0 Å². The molecule has 0 fully saturated rings. The summed E-state index contributed by atoms with van der Waals surface area (Å²) >= 11 is 0. The third kappa shape index (κ3) is 3.49. The summed E-state index contributed by atoms with van der Waals surface area (Å²) in [6.07, 6.45) is -1.12. The Hall–Kier alpha value is -1.98. The molecule has 0 saturated heterocycles. The summed E-state index contributed by atoms with van der Waals surface area (Å²) in [4.78, 5) is 4.21. The number of ether oxygens (including phenoxy) is 1. The van der Waals surface area contributed by atoms with E-state index < -0.39 is 6.36 Å². The molecule has 2 rings (SSSR count). The summed E-state index contributed by atoms with van der Waals surface area (Å²) in [5.74, 6) is -0.237. The second-order valence-corrected chi connectivity index (χ2v) is 4.37. The van der Waals surface area contributed by atoms with Gasteiger partial charge in [0.25, 0.3) is 0 Å². The first-order chi connectivity index (χ1) is 8.85. The van der Waals surface area contributed by atoms with E-state index in [0.29, 0.717) is 5.69 Å². The Morgan fingerprint density at radius 3 is 2.26 bits per heavy atom. The summed E-state index contributed by atoms with van der Waals surface area (Å²) in [6, 6.07) is 5.94. The molecule has 6 heteroatoms. The van der Waals surface area contributed by atoms with E-state index in [4.69, 9.17) is 0 Å². The third-order valence-electron chi connectivity index (χ3n) is 2.58. The van der Waals surface area contributed by atoms with Crippen molar-refractivity contribution in [3.8, 4) is 17.0 Å². The Morgan fingerprint density at radius 2 is 1.79 bits per heavy atom. The van der Waals surface area contributed by atoms with Gasteiger partial charge in [-0.15, -0.1) is 13.2 Å². The summed E-state index contributed by atoms with van der Waals surface area (Å²) in [6.45, 7) is 4.04. The van der Waals surface area contributed by atoms with E-state index in [1.807, 2.05) is 24.6 Å². The van der Waals surface area contributed by atoms with Crippen molar-refractivity contribution in [1.29, 1.82) is 0 Å². The number of imidazole rings is 1. The molecule has 102 valence electrons. The molecule has 0 radical (unpaired) electrons. The van der Waals surface area contributed by atoms with Gasteiger partial charge < -0.3 is 9.30 Å². The highest BCUT2D eigenvalue weighted by molar-refractivity contribution is 5.59. The maximum Gasteiger partial charge on any atom is 0.573 e. The van der Waals surface area contributed by atoms with Crippen LogP contribution in [-0.2, 0) is 0 Å². The molecule has 0 bridgehead atoms. The molecule has 19 heavy (non-hydrogen) atoms. The van der Waals surface area contributed by atoms with Crippen LogP contribution in [-0.4, -0.2) is 15.9 Å². The lowest BCUT2D eigenvalue weighted by molar-refractivity contribution is -0.274. The van der Waals surface area contributed by atoms with Crippen LogP contribution in [0.4, 0.5) is 13.2 Å². The van der Waals surface area contributed by atoms with Crippen molar-refractivity contribution in [2.24, 2.45) is 0 Å². The lowest BCUT2D eigenvalue weighted by Gasteiger charge is -2.08. The molecule has 1 aromatic carbocycles. The lowest BCUT2D eigenvalue weighted by Crippen LogP contribution is -2.16. The number of alkyl halides is 3. The molecule has 0 aliphatic carbocycles. The van der Waals surface area contributed by atoms with Crippen LogP contribution in [0.5, 0.6) is 5.75 Å². The molecule has 0 N–H and O–H groups in total. The minimum atomic E-state index is -4.67. The Bertz CT molecular complexity index is 544. The van der Waals surface area contributed by atoms with Crippen LogP contribution >= 0.6 is 0 Å². The minimum Gasteiger partial charge on any atom is -0.406 e. The third-order valence-corrected chi connectivity index (χ3v) is 2.58. The first kappa shape index (κ1) is 13.5. The number of halogens is 3. The molecule has 0 unspecified atom stereocenters. The molecule has 0 aliphatic heterocycles. The van der Waals surface area contributed by atoms with Gasteiger partial charge >= 0.3 is 6.36 Å². The molecule has 1 aromatic heterocycles. The summed E-state index contributed by atoms with van der Waals surface area (Å²) in [7, 11) is 0. The van der Waals surface area contributed by atoms with Crippen LogP contribution < -0.4 is 4.74 Å². The van der Waals surface area contributed by atoms with Gasteiger partial charge in [-0.25, -0.2) is 4.98 Å². The number of hydrogen-bond acceptors (Lipinski definition) is 2. The van der Waals surface area contributed by atoms with Gasteiger partial charge in [-0.05, 0) is 38.1 Å². The molecule has 2 aromatic rings. The van der Waals surface area contributed by atoms with Gasteiger partial charge in [0.1, 0.15) is 5.75 Å². The fraction of sp³-hybridized carbons (Fsp3) is 0.308. The van der Waals surface area contributed by atoms with Crippen molar-refractivity contribution in [3.05, 3.63) is 36.8 Å². The van der Waals surface area contributed by atoms with Crippen LogP contribution in [0, 0.1) is 0 Å². The molecular weight excluding hydrogens is 257 g/mol. The van der Waals surface area contributed by atoms with Gasteiger partial charge in [0.2, 0.25) is 0 Å². The van der Waals surface area contributed by atoms with E-state index in [-0.39, 0.29) is 11.8 Å².